The van der Waals surface area contributed by atoms with E-state index in [1.807, 2.05) is 0 Å². The molecule has 338 valence electrons. The smallest absolute Gasteiger partial charge is 0.133 e. The summed E-state index contributed by atoms with van der Waals surface area (Å²) in [5.74, 6) is 1.11. The van der Waals surface area contributed by atoms with Crippen LogP contribution >= 0.6 is 0 Å². The van der Waals surface area contributed by atoms with Crippen LogP contribution in [0.25, 0.3) is 33.0 Å². The van der Waals surface area contributed by atoms with Gasteiger partial charge in [0, 0.05) is 44.6 Å². The summed E-state index contributed by atoms with van der Waals surface area (Å²) >= 11 is 0. The van der Waals surface area contributed by atoms with E-state index >= 15 is 0 Å². The number of ether oxygens (including phenoxy) is 1. The van der Waals surface area contributed by atoms with Gasteiger partial charge >= 0.3 is 0 Å². The van der Waals surface area contributed by atoms with Crippen molar-refractivity contribution in [3.8, 4) is 16.9 Å². The summed E-state index contributed by atoms with van der Waals surface area (Å²) in [5.41, 5.74) is 20.3. The fourth-order valence-electron chi connectivity index (χ4n) is 15.7. The molecule has 0 saturated heterocycles. The Bertz CT molecular complexity index is 3340. The average Bonchev–Trinajstić information content (AvgIpc) is 3.99. The summed E-state index contributed by atoms with van der Waals surface area (Å²) in [4.78, 5) is 5.40. The van der Waals surface area contributed by atoms with E-state index in [4.69, 9.17) is 4.74 Å². The van der Waals surface area contributed by atoms with Gasteiger partial charge in [-0.25, -0.2) is 0 Å². The van der Waals surface area contributed by atoms with E-state index in [2.05, 4.69) is 209 Å². The zero-order chi connectivity index (χ0) is 46.0. The molecule has 0 aromatic heterocycles. The molecule has 7 aliphatic rings. The van der Waals surface area contributed by atoms with E-state index in [-0.39, 0.29) is 39.3 Å². The molecule has 0 N–H and O–H groups in total. The van der Waals surface area contributed by atoms with Gasteiger partial charge in [0.05, 0.1) is 17.0 Å². The average molecular weight is 887 g/mol. The van der Waals surface area contributed by atoms with Gasteiger partial charge in [-0.1, -0.05) is 144 Å². The number of nitrogens with zero attached hydrogens (tertiary/aromatic N) is 2. The van der Waals surface area contributed by atoms with Crippen molar-refractivity contribution in [1.82, 2.24) is 0 Å². The van der Waals surface area contributed by atoms with E-state index in [0.717, 1.165) is 5.75 Å². The highest BCUT2D eigenvalue weighted by atomic mass is 16.5. The largest absolute Gasteiger partial charge is 0.485 e. The van der Waals surface area contributed by atoms with Crippen molar-refractivity contribution in [2.45, 2.75) is 132 Å². The molecule has 0 radical (unpaired) electrons. The van der Waals surface area contributed by atoms with Crippen molar-refractivity contribution in [1.29, 1.82) is 0 Å². The van der Waals surface area contributed by atoms with Gasteiger partial charge in [0.2, 0.25) is 0 Å². The Morgan fingerprint density at radius 1 is 0.500 bits per heavy atom. The zero-order valence-corrected chi connectivity index (χ0v) is 40.6. The van der Waals surface area contributed by atoms with E-state index in [9.17, 15) is 0 Å². The zero-order valence-electron chi connectivity index (χ0n) is 40.6. The number of para-hydroxylation sites is 3. The van der Waals surface area contributed by atoms with Gasteiger partial charge in [0.25, 0.3) is 0 Å². The fourth-order valence-corrected chi connectivity index (χ4v) is 15.7. The van der Waals surface area contributed by atoms with Crippen LogP contribution in [0.5, 0.6) is 5.75 Å². The standard InChI is InChI=1S/C65H62N2O/c1-61(2)53-40-48(41-29-31-54-51(37-41)62(3)33-17-19-35-64(62,5)66(54)43-21-9-7-10-22-43)45-25-13-14-26-46(45)57(53)50-39-49(58-47-27-15-16-28-56(47)68-60(58)59(50)61)42-30-32-55-52(38-42)63(4)34-18-20-36-65(63,6)67(55)44-23-11-8-12-24-44/h7-16,21-32,37-40,58,60H,17-20,33-36H2,1-6H3. The maximum atomic E-state index is 7.32. The number of rotatable bonds is 4. The van der Waals surface area contributed by atoms with Crippen molar-refractivity contribution in [2.75, 3.05) is 9.80 Å². The van der Waals surface area contributed by atoms with E-state index in [0.29, 0.717) is 0 Å². The first-order valence-electron chi connectivity index (χ1n) is 25.8. The summed E-state index contributed by atoms with van der Waals surface area (Å²) in [6.07, 6.45) is 12.3. The molecule has 6 atom stereocenters. The lowest BCUT2D eigenvalue weighted by molar-refractivity contribution is 0.195. The van der Waals surface area contributed by atoms with Gasteiger partial charge in [0.1, 0.15) is 11.9 Å². The Morgan fingerprint density at radius 2 is 1.03 bits per heavy atom. The summed E-state index contributed by atoms with van der Waals surface area (Å²) in [6.45, 7) is 15.2. The maximum Gasteiger partial charge on any atom is 0.133 e. The van der Waals surface area contributed by atoms with E-state index in [1.54, 1.807) is 0 Å². The third-order valence-electron chi connectivity index (χ3n) is 19.6. The molecule has 2 fully saturated rings. The Morgan fingerprint density at radius 3 is 1.66 bits per heavy atom. The van der Waals surface area contributed by atoms with Gasteiger partial charge in [-0.05, 0) is 173 Å². The monoisotopic (exact) mass is 886 g/mol. The first-order chi connectivity index (χ1) is 33.0. The molecule has 4 aliphatic carbocycles. The lowest BCUT2D eigenvalue weighted by Gasteiger charge is -2.50. The summed E-state index contributed by atoms with van der Waals surface area (Å²) in [6, 6.07) is 58.1. The van der Waals surface area contributed by atoms with Crippen LogP contribution in [0.15, 0.2) is 163 Å². The topological polar surface area (TPSA) is 15.7 Å². The molecule has 7 aromatic rings. The molecule has 0 bridgehead atoms. The molecule has 14 rings (SSSR count). The third kappa shape index (κ3) is 5.05. The van der Waals surface area contributed by atoms with E-state index in [1.165, 1.54) is 146 Å². The Kier molecular flexibility index (Phi) is 8.33. The number of hydrogen-bond acceptors (Lipinski definition) is 3. The highest BCUT2D eigenvalue weighted by molar-refractivity contribution is 6.10. The molecule has 7 aromatic carbocycles. The second kappa shape index (κ2) is 13.9. The van der Waals surface area contributed by atoms with Crippen LogP contribution in [0.4, 0.5) is 22.7 Å². The van der Waals surface area contributed by atoms with Crippen molar-refractivity contribution in [2.24, 2.45) is 0 Å². The first kappa shape index (κ1) is 40.7. The second-order valence-corrected chi connectivity index (χ2v) is 22.9. The molecule has 3 nitrogen and oxygen atoms in total. The predicted octanol–water partition coefficient (Wildman–Crippen LogP) is 16.7. The van der Waals surface area contributed by atoms with Crippen LogP contribution in [0.2, 0.25) is 0 Å². The fraction of sp³-hybridized carbons (Fsp3) is 0.323. The summed E-state index contributed by atoms with van der Waals surface area (Å²) in [7, 11) is 0. The van der Waals surface area contributed by atoms with Crippen molar-refractivity contribution in [3.05, 3.63) is 197 Å². The molecule has 0 spiro atoms. The number of hydrogen-bond donors (Lipinski definition) is 0. The maximum absolute atomic E-state index is 7.32. The van der Waals surface area contributed by atoms with Crippen molar-refractivity contribution < 1.29 is 4.74 Å². The highest BCUT2D eigenvalue weighted by Crippen LogP contribution is 2.65. The molecule has 3 heterocycles. The number of benzene rings is 7. The first-order valence-corrected chi connectivity index (χ1v) is 25.8. The van der Waals surface area contributed by atoms with Crippen LogP contribution in [0, 0.1) is 0 Å². The van der Waals surface area contributed by atoms with Crippen molar-refractivity contribution in [3.63, 3.8) is 0 Å². The van der Waals surface area contributed by atoms with Gasteiger partial charge in [0.15, 0.2) is 0 Å². The quantitative estimate of drug-likeness (QED) is 0.175. The molecule has 3 aliphatic heterocycles. The molecular formula is C65H62N2O. The molecule has 2 saturated carbocycles. The van der Waals surface area contributed by atoms with Gasteiger partial charge in [-0.3, -0.25) is 0 Å². The van der Waals surface area contributed by atoms with Crippen LogP contribution in [-0.4, -0.2) is 17.2 Å². The number of anilines is 4. The Labute approximate surface area is 403 Å². The minimum atomic E-state index is -0.267. The number of fused-ring (bicyclic) bond motifs is 14. The van der Waals surface area contributed by atoms with Crippen molar-refractivity contribution >= 4 is 44.7 Å². The molecule has 6 unspecified atom stereocenters. The van der Waals surface area contributed by atoms with Gasteiger partial charge < -0.3 is 14.5 Å². The lowest BCUT2D eigenvalue weighted by atomic mass is 9.61. The SMILES string of the molecule is CC1(C)C2=C(C=C(c3ccc4c(c3)C3(C)CCCCC3(C)N4c3ccccc3)C3c4ccccc4OC23)c2c1cc(-c1ccc3c(c1)C1(C)CCCCC1(C)N3c1ccccc1)c1ccccc21. The van der Waals surface area contributed by atoms with Crippen LogP contribution in [-0.2, 0) is 16.2 Å². The van der Waals surface area contributed by atoms with Crippen LogP contribution < -0.4 is 14.5 Å². The predicted molar refractivity (Wildman–Crippen MR) is 283 cm³/mol. The molecule has 3 heteroatoms. The lowest BCUT2D eigenvalue weighted by Crippen LogP contribution is -2.54. The second-order valence-electron chi connectivity index (χ2n) is 22.9. The number of allylic oxidation sites excluding steroid dienone is 2. The minimum absolute atomic E-state index is 0.00522. The Balaban J connectivity index is 0.953. The summed E-state index contributed by atoms with van der Waals surface area (Å²) in [5, 5.41) is 2.65. The highest BCUT2D eigenvalue weighted by Gasteiger charge is 2.60. The molecular weight excluding hydrogens is 825 g/mol. The normalized spacial score (nSPS) is 29.0. The van der Waals surface area contributed by atoms with Crippen LogP contribution in [0.3, 0.4) is 0 Å². The third-order valence-corrected chi connectivity index (χ3v) is 19.6. The molecule has 68 heavy (non-hydrogen) atoms. The Hall–Kier alpha value is -6.32. The summed E-state index contributed by atoms with van der Waals surface area (Å²) < 4.78 is 7.32. The minimum Gasteiger partial charge on any atom is -0.485 e. The van der Waals surface area contributed by atoms with Gasteiger partial charge in [-0.2, -0.15) is 0 Å². The molecule has 0 amide bonds. The van der Waals surface area contributed by atoms with Crippen LogP contribution in [0.1, 0.15) is 132 Å². The van der Waals surface area contributed by atoms with Gasteiger partial charge in [-0.15, -0.1) is 0 Å². The van der Waals surface area contributed by atoms with E-state index < -0.39 is 0 Å².